The van der Waals surface area contributed by atoms with Gasteiger partial charge in [-0.25, -0.2) is 4.79 Å². The number of hydrogen-bond donors (Lipinski definition) is 0. The highest BCUT2D eigenvalue weighted by Gasteiger charge is 2.08. The number of benzene rings is 2. The van der Waals surface area contributed by atoms with Crippen LogP contribution in [0.2, 0.25) is 5.02 Å². The van der Waals surface area contributed by atoms with E-state index in [1.165, 1.54) is 0 Å². The molecule has 0 fully saturated rings. The summed E-state index contributed by atoms with van der Waals surface area (Å²) in [5.74, 6) is 2.95. The molecule has 0 spiro atoms. The maximum Gasteiger partial charge on any atom is 0.344 e. The zero-order valence-corrected chi connectivity index (χ0v) is 12.3. The van der Waals surface area contributed by atoms with Crippen LogP contribution in [0.15, 0.2) is 57.7 Å². The van der Waals surface area contributed by atoms with Gasteiger partial charge in [-0.05, 0) is 35.9 Å². The van der Waals surface area contributed by atoms with Gasteiger partial charge in [0.25, 0.3) is 0 Å². The van der Waals surface area contributed by atoms with Gasteiger partial charge in [-0.1, -0.05) is 29.7 Å². The molecule has 3 aromatic rings. The van der Waals surface area contributed by atoms with Gasteiger partial charge in [0.2, 0.25) is 0 Å². The monoisotopic (exact) mass is 310 g/mol. The van der Waals surface area contributed by atoms with Crippen molar-refractivity contribution in [3.05, 3.63) is 64.0 Å². The van der Waals surface area contributed by atoms with Crippen molar-refractivity contribution in [2.45, 2.75) is 0 Å². The summed E-state index contributed by atoms with van der Waals surface area (Å²) in [6.07, 6.45) is 5.15. The molecule has 22 heavy (non-hydrogen) atoms. The third kappa shape index (κ3) is 2.83. The molecule has 0 saturated heterocycles. The minimum atomic E-state index is -0.413. The highest BCUT2D eigenvalue weighted by molar-refractivity contribution is 6.30. The van der Waals surface area contributed by atoms with Crippen molar-refractivity contribution in [1.29, 1.82) is 0 Å². The highest BCUT2D eigenvalue weighted by atomic mass is 35.5. The second-order valence-corrected chi connectivity index (χ2v) is 5.08. The number of hydrogen-bond acceptors (Lipinski definition) is 3. The number of rotatable bonds is 3. The van der Waals surface area contributed by atoms with Crippen LogP contribution in [0.1, 0.15) is 0 Å². The molecule has 1 heterocycles. The predicted molar refractivity (Wildman–Crippen MR) is 87.3 cm³/mol. The molecule has 4 heteroatoms. The van der Waals surface area contributed by atoms with Gasteiger partial charge in [0.15, 0.2) is 0 Å². The summed E-state index contributed by atoms with van der Waals surface area (Å²) in [5.41, 5.74) is 1.29. The van der Waals surface area contributed by atoms with Gasteiger partial charge in [0.05, 0.1) is 5.56 Å². The van der Waals surface area contributed by atoms with Crippen LogP contribution in [-0.2, 0) is 0 Å². The lowest BCUT2D eigenvalue weighted by molar-refractivity contribution is 0.370. The highest BCUT2D eigenvalue weighted by Crippen LogP contribution is 2.25. The Morgan fingerprint density at radius 2 is 1.91 bits per heavy atom. The molecule has 0 aliphatic carbocycles. The number of terminal acetylenes is 1. The lowest BCUT2D eigenvalue weighted by Crippen LogP contribution is -2.02. The summed E-state index contributed by atoms with van der Waals surface area (Å²) >= 11 is 5.86. The molecule has 0 radical (unpaired) electrons. The Kier molecular flexibility index (Phi) is 3.86. The lowest BCUT2D eigenvalue weighted by Gasteiger charge is -2.05. The first kappa shape index (κ1) is 14.2. The van der Waals surface area contributed by atoms with Gasteiger partial charge in [-0.3, -0.25) is 0 Å². The van der Waals surface area contributed by atoms with Crippen molar-refractivity contribution in [1.82, 2.24) is 0 Å². The summed E-state index contributed by atoms with van der Waals surface area (Å²) in [6.45, 7) is 0.165. The van der Waals surface area contributed by atoms with Crippen molar-refractivity contribution in [2.24, 2.45) is 0 Å². The Labute approximate surface area is 132 Å². The zero-order chi connectivity index (χ0) is 15.5. The van der Waals surface area contributed by atoms with Crippen LogP contribution in [-0.4, -0.2) is 6.61 Å². The molecule has 0 atom stereocenters. The van der Waals surface area contributed by atoms with Crippen molar-refractivity contribution in [3.63, 3.8) is 0 Å². The molecular weight excluding hydrogens is 300 g/mol. The number of ether oxygens (including phenoxy) is 1. The smallest absolute Gasteiger partial charge is 0.344 e. The van der Waals surface area contributed by atoms with Crippen LogP contribution in [0, 0.1) is 12.3 Å². The van der Waals surface area contributed by atoms with E-state index in [4.69, 9.17) is 27.2 Å². The SMILES string of the molecule is C#CCOc1ccc2cc(-c3ccc(Cl)cc3)c(=O)oc2c1. The summed E-state index contributed by atoms with van der Waals surface area (Å²) < 4.78 is 10.7. The maximum atomic E-state index is 12.2. The van der Waals surface area contributed by atoms with Gasteiger partial charge in [-0.15, -0.1) is 6.42 Å². The fraction of sp³-hybridized carbons (Fsp3) is 0.0556. The summed E-state index contributed by atoms with van der Waals surface area (Å²) in [6, 6.07) is 14.1. The molecule has 0 amide bonds. The first-order chi connectivity index (χ1) is 10.7. The summed E-state index contributed by atoms with van der Waals surface area (Å²) in [4.78, 5) is 12.2. The molecule has 0 unspecified atom stereocenters. The zero-order valence-electron chi connectivity index (χ0n) is 11.5. The third-order valence-electron chi connectivity index (χ3n) is 3.18. The molecule has 1 aromatic heterocycles. The quantitative estimate of drug-likeness (QED) is 0.539. The molecule has 3 rings (SSSR count). The van der Waals surface area contributed by atoms with Crippen molar-refractivity contribution < 1.29 is 9.15 Å². The van der Waals surface area contributed by atoms with Crippen LogP contribution >= 0.6 is 11.6 Å². The van der Waals surface area contributed by atoms with Crippen LogP contribution in [0.25, 0.3) is 22.1 Å². The molecule has 3 nitrogen and oxygen atoms in total. The molecule has 0 bridgehead atoms. The van der Waals surface area contributed by atoms with Crippen LogP contribution in [0.5, 0.6) is 5.75 Å². The number of fused-ring (bicyclic) bond motifs is 1. The van der Waals surface area contributed by atoms with Crippen molar-refractivity contribution >= 4 is 22.6 Å². The Morgan fingerprint density at radius 1 is 1.14 bits per heavy atom. The Morgan fingerprint density at radius 3 is 2.64 bits per heavy atom. The molecule has 108 valence electrons. The summed E-state index contributed by atoms with van der Waals surface area (Å²) in [7, 11) is 0. The molecular formula is C18H11ClO3. The second kappa shape index (κ2) is 5.97. The van der Waals surface area contributed by atoms with E-state index >= 15 is 0 Å². The topological polar surface area (TPSA) is 39.4 Å². The Hall–Kier alpha value is -2.70. The van der Waals surface area contributed by atoms with Crippen LogP contribution in [0.3, 0.4) is 0 Å². The van der Waals surface area contributed by atoms with E-state index in [2.05, 4.69) is 5.92 Å². The molecule has 0 saturated carbocycles. The predicted octanol–water partition coefficient (Wildman–Crippen LogP) is 4.13. The van der Waals surface area contributed by atoms with E-state index in [1.54, 1.807) is 42.5 Å². The van der Waals surface area contributed by atoms with Crippen LogP contribution in [0.4, 0.5) is 0 Å². The minimum absolute atomic E-state index is 0.165. The van der Waals surface area contributed by atoms with Gasteiger partial charge < -0.3 is 9.15 Å². The Balaban J connectivity index is 2.07. The fourth-order valence-electron chi connectivity index (χ4n) is 2.14. The average molecular weight is 311 g/mol. The van der Waals surface area contributed by atoms with E-state index < -0.39 is 5.63 Å². The lowest BCUT2D eigenvalue weighted by atomic mass is 10.1. The molecule has 0 aliphatic rings. The van der Waals surface area contributed by atoms with Gasteiger partial charge in [0.1, 0.15) is 17.9 Å². The van der Waals surface area contributed by atoms with Gasteiger partial charge in [-0.2, -0.15) is 0 Å². The first-order valence-electron chi connectivity index (χ1n) is 6.57. The van der Waals surface area contributed by atoms with E-state index in [1.807, 2.05) is 6.07 Å². The minimum Gasteiger partial charge on any atom is -0.481 e. The van der Waals surface area contributed by atoms with Gasteiger partial charge >= 0.3 is 5.63 Å². The van der Waals surface area contributed by atoms with E-state index in [9.17, 15) is 4.79 Å². The van der Waals surface area contributed by atoms with E-state index in [-0.39, 0.29) is 6.61 Å². The molecule has 0 N–H and O–H groups in total. The van der Waals surface area contributed by atoms with Crippen molar-refractivity contribution in [2.75, 3.05) is 6.61 Å². The van der Waals surface area contributed by atoms with Gasteiger partial charge in [0, 0.05) is 16.5 Å². The average Bonchev–Trinajstić information content (AvgIpc) is 2.53. The van der Waals surface area contributed by atoms with Crippen molar-refractivity contribution in [3.8, 4) is 29.2 Å². The normalized spacial score (nSPS) is 10.4. The number of halogens is 1. The molecule has 0 aliphatic heterocycles. The first-order valence-corrected chi connectivity index (χ1v) is 6.95. The van der Waals surface area contributed by atoms with Crippen LogP contribution < -0.4 is 10.4 Å². The molecule has 2 aromatic carbocycles. The summed E-state index contributed by atoms with van der Waals surface area (Å²) in [5, 5.41) is 1.42. The van der Waals surface area contributed by atoms with E-state index in [0.717, 1.165) is 10.9 Å². The third-order valence-corrected chi connectivity index (χ3v) is 3.44. The fourth-order valence-corrected chi connectivity index (χ4v) is 2.26. The second-order valence-electron chi connectivity index (χ2n) is 4.65. The maximum absolute atomic E-state index is 12.2. The van der Waals surface area contributed by atoms with E-state index in [0.29, 0.717) is 21.9 Å². The Bertz CT molecular complexity index is 918. The standard InChI is InChI=1S/C18H11ClO3/c1-2-9-21-15-8-5-13-10-16(18(20)22-17(13)11-15)12-3-6-14(19)7-4-12/h1,3-8,10-11H,9H2. The largest absolute Gasteiger partial charge is 0.481 e.